The Morgan fingerprint density at radius 3 is 2.44 bits per heavy atom. The molecule has 210 valence electrons. The fraction of sp³-hybridized carbons (Fsp3) is 0.448. The second-order valence-electron chi connectivity index (χ2n) is 9.43. The van der Waals surface area contributed by atoms with Gasteiger partial charge in [0.15, 0.2) is 17.3 Å². The van der Waals surface area contributed by atoms with Gasteiger partial charge in [-0.15, -0.1) is 0 Å². The molecule has 0 unspecified atom stereocenters. The zero-order chi connectivity index (χ0) is 27.6. The Morgan fingerprint density at radius 2 is 1.77 bits per heavy atom. The molecule has 1 aliphatic heterocycles. The predicted molar refractivity (Wildman–Crippen MR) is 144 cm³/mol. The summed E-state index contributed by atoms with van der Waals surface area (Å²) in [6, 6.07) is 12.8. The van der Waals surface area contributed by atoms with E-state index in [0.29, 0.717) is 63.1 Å². The highest BCUT2D eigenvalue weighted by atomic mass is 16.5. The summed E-state index contributed by atoms with van der Waals surface area (Å²) in [6.07, 6.45) is 2.05. The number of aryl methyl sites for hydroxylation is 1. The maximum absolute atomic E-state index is 13.7. The van der Waals surface area contributed by atoms with E-state index in [-0.39, 0.29) is 24.1 Å². The zero-order valence-electron chi connectivity index (χ0n) is 22.9. The highest BCUT2D eigenvalue weighted by molar-refractivity contribution is 5.94. The molecule has 0 atom stereocenters. The number of amides is 2. The quantitative estimate of drug-likeness (QED) is 0.327. The molecule has 1 aliphatic rings. The van der Waals surface area contributed by atoms with Gasteiger partial charge in [0.2, 0.25) is 5.91 Å². The molecule has 10 nitrogen and oxygen atoms in total. The summed E-state index contributed by atoms with van der Waals surface area (Å²) >= 11 is 0. The maximum Gasteiger partial charge on any atom is 0.290 e. The minimum Gasteiger partial charge on any atom is -0.493 e. The number of morpholine rings is 1. The number of methoxy groups -OCH3 is 2. The predicted octanol–water partition coefficient (Wildman–Crippen LogP) is 3.24. The minimum absolute atomic E-state index is 0.0739. The van der Waals surface area contributed by atoms with Crippen molar-refractivity contribution in [3.8, 4) is 11.5 Å². The second kappa shape index (κ2) is 13.9. The van der Waals surface area contributed by atoms with Crippen LogP contribution in [0.2, 0.25) is 0 Å². The Hall–Kier alpha value is -3.76. The van der Waals surface area contributed by atoms with Gasteiger partial charge in [-0.05, 0) is 55.3 Å². The Morgan fingerprint density at radius 1 is 0.974 bits per heavy atom. The molecule has 3 heterocycles. The molecular formula is C29H37N3O7. The summed E-state index contributed by atoms with van der Waals surface area (Å²) in [4.78, 5) is 32.5. The first kappa shape index (κ1) is 28.3. The van der Waals surface area contributed by atoms with Gasteiger partial charge in [0.05, 0.1) is 40.2 Å². The number of hydrogen-bond donors (Lipinski definition) is 0. The minimum atomic E-state index is -0.310. The summed E-state index contributed by atoms with van der Waals surface area (Å²) in [5.74, 6) is 2.47. The van der Waals surface area contributed by atoms with Crippen LogP contribution in [0.5, 0.6) is 11.5 Å². The molecule has 2 aromatic heterocycles. The Balaban J connectivity index is 1.49. The van der Waals surface area contributed by atoms with E-state index in [2.05, 4.69) is 4.90 Å². The van der Waals surface area contributed by atoms with Crippen LogP contribution in [0.1, 0.15) is 27.6 Å². The van der Waals surface area contributed by atoms with E-state index < -0.39 is 0 Å². The van der Waals surface area contributed by atoms with Crippen molar-refractivity contribution in [1.29, 1.82) is 0 Å². The van der Waals surface area contributed by atoms with E-state index in [1.807, 2.05) is 37.3 Å². The SMILES string of the molecule is COc1ccc(CCN(Cc2ccc(C)o2)C(=O)CN(CCN2CCOCC2)C(=O)c2ccco2)cc1OC. The average molecular weight is 540 g/mol. The largest absolute Gasteiger partial charge is 0.493 e. The molecule has 1 saturated heterocycles. The zero-order valence-corrected chi connectivity index (χ0v) is 22.9. The van der Waals surface area contributed by atoms with Crippen molar-refractivity contribution in [2.75, 3.05) is 66.7 Å². The summed E-state index contributed by atoms with van der Waals surface area (Å²) in [6.45, 7) is 6.49. The van der Waals surface area contributed by atoms with E-state index in [4.69, 9.17) is 23.0 Å². The molecule has 1 fully saturated rings. The highest BCUT2D eigenvalue weighted by Gasteiger charge is 2.25. The first-order valence-corrected chi connectivity index (χ1v) is 13.1. The van der Waals surface area contributed by atoms with Gasteiger partial charge in [-0.25, -0.2) is 0 Å². The third-order valence-electron chi connectivity index (χ3n) is 6.75. The van der Waals surface area contributed by atoms with Gasteiger partial charge in [0.25, 0.3) is 5.91 Å². The fourth-order valence-corrected chi connectivity index (χ4v) is 4.51. The number of carbonyl (C=O) groups is 2. The number of nitrogens with zero attached hydrogens (tertiary/aromatic N) is 3. The summed E-state index contributed by atoms with van der Waals surface area (Å²) in [5, 5.41) is 0. The van der Waals surface area contributed by atoms with Crippen molar-refractivity contribution < 1.29 is 32.6 Å². The number of benzene rings is 1. The monoisotopic (exact) mass is 539 g/mol. The van der Waals surface area contributed by atoms with Crippen molar-refractivity contribution in [2.45, 2.75) is 19.9 Å². The number of hydrogen-bond acceptors (Lipinski definition) is 8. The van der Waals surface area contributed by atoms with Crippen LogP contribution in [0.25, 0.3) is 0 Å². The molecule has 39 heavy (non-hydrogen) atoms. The van der Waals surface area contributed by atoms with Crippen molar-refractivity contribution in [1.82, 2.24) is 14.7 Å². The van der Waals surface area contributed by atoms with Crippen LogP contribution in [0.15, 0.2) is 57.6 Å². The summed E-state index contributed by atoms with van der Waals surface area (Å²) < 4.78 is 27.4. The van der Waals surface area contributed by atoms with Crippen LogP contribution in [-0.2, 0) is 22.5 Å². The molecule has 0 radical (unpaired) electrons. The molecule has 0 spiro atoms. The smallest absolute Gasteiger partial charge is 0.290 e. The molecule has 3 aromatic rings. The molecular weight excluding hydrogens is 502 g/mol. The van der Waals surface area contributed by atoms with Gasteiger partial charge in [0.1, 0.15) is 18.1 Å². The van der Waals surface area contributed by atoms with Crippen molar-refractivity contribution in [2.24, 2.45) is 0 Å². The van der Waals surface area contributed by atoms with Crippen molar-refractivity contribution in [3.63, 3.8) is 0 Å². The number of rotatable bonds is 13. The van der Waals surface area contributed by atoms with Gasteiger partial charge in [0, 0.05) is 32.7 Å². The molecule has 0 saturated carbocycles. The Labute approximate surface area is 229 Å². The van der Waals surface area contributed by atoms with Gasteiger partial charge >= 0.3 is 0 Å². The Kier molecular flexibility index (Phi) is 10.0. The van der Waals surface area contributed by atoms with Gasteiger partial charge in [-0.3, -0.25) is 14.5 Å². The van der Waals surface area contributed by atoms with E-state index in [1.54, 1.807) is 36.2 Å². The van der Waals surface area contributed by atoms with Gasteiger partial charge in [-0.2, -0.15) is 0 Å². The van der Waals surface area contributed by atoms with E-state index in [0.717, 1.165) is 24.4 Å². The lowest BCUT2D eigenvalue weighted by atomic mass is 10.1. The van der Waals surface area contributed by atoms with Crippen LogP contribution < -0.4 is 9.47 Å². The van der Waals surface area contributed by atoms with Crippen LogP contribution in [0, 0.1) is 6.92 Å². The van der Waals surface area contributed by atoms with E-state index in [1.165, 1.54) is 6.26 Å². The lowest BCUT2D eigenvalue weighted by Gasteiger charge is -2.31. The average Bonchev–Trinajstić information content (AvgIpc) is 3.65. The number of carbonyl (C=O) groups excluding carboxylic acids is 2. The van der Waals surface area contributed by atoms with Crippen molar-refractivity contribution in [3.05, 3.63) is 71.6 Å². The van der Waals surface area contributed by atoms with Crippen LogP contribution in [0.4, 0.5) is 0 Å². The third kappa shape index (κ3) is 7.87. The van der Waals surface area contributed by atoms with Gasteiger partial charge in [-0.1, -0.05) is 6.07 Å². The molecule has 0 bridgehead atoms. The number of ether oxygens (including phenoxy) is 3. The fourth-order valence-electron chi connectivity index (χ4n) is 4.51. The standard InChI is InChI=1S/C29H37N3O7/c1-22-6-8-24(39-22)20-31(11-10-23-7-9-25(35-2)27(19-23)36-3)28(33)21-32(29(34)26-5-4-16-38-26)13-12-30-14-17-37-18-15-30/h4-9,16,19H,10-15,17-18,20-21H2,1-3H3. The lowest BCUT2D eigenvalue weighted by Crippen LogP contribution is -2.47. The van der Waals surface area contributed by atoms with Crippen LogP contribution in [0.3, 0.4) is 0 Å². The highest BCUT2D eigenvalue weighted by Crippen LogP contribution is 2.28. The first-order valence-electron chi connectivity index (χ1n) is 13.1. The lowest BCUT2D eigenvalue weighted by molar-refractivity contribution is -0.132. The van der Waals surface area contributed by atoms with Crippen LogP contribution in [-0.4, -0.2) is 93.2 Å². The maximum atomic E-state index is 13.7. The topological polar surface area (TPSA) is 97.8 Å². The summed E-state index contributed by atoms with van der Waals surface area (Å²) in [5.41, 5.74) is 0.997. The third-order valence-corrected chi connectivity index (χ3v) is 6.75. The van der Waals surface area contributed by atoms with Crippen LogP contribution >= 0.6 is 0 Å². The normalized spacial score (nSPS) is 13.7. The molecule has 4 rings (SSSR count). The molecule has 10 heteroatoms. The second-order valence-corrected chi connectivity index (χ2v) is 9.43. The molecule has 0 aliphatic carbocycles. The molecule has 0 N–H and O–H groups in total. The molecule has 1 aromatic carbocycles. The van der Waals surface area contributed by atoms with Gasteiger partial charge < -0.3 is 32.8 Å². The van der Waals surface area contributed by atoms with E-state index in [9.17, 15) is 9.59 Å². The number of furan rings is 2. The van der Waals surface area contributed by atoms with E-state index >= 15 is 0 Å². The Bertz CT molecular complexity index is 1200. The summed E-state index contributed by atoms with van der Waals surface area (Å²) in [7, 11) is 3.19. The first-order chi connectivity index (χ1) is 19.0. The molecule has 2 amide bonds. The van der Waals surface area contributed by atoms with Crippen molar-refractivity contribution >= 4 is 11.8 Å².